The molecule has 0 spiro atoms. The SMILES string of the molecule is O=C(c1ccccc1SC(F)(F)F)N1CCNCC1. The zero-order chi connectivity index (χ0) is 13.9. The number of halogens is 3. The van der Waals surface area contributed by atoms with E-state index in [1.54, 1.807) is 11.0 Å². The zero-order valence-electron chi connectivity index (χ0n) is 10.0. The summed E-state index contributed by atoms with van der Waals surface area (Å²) in [5, 5.41) is 3.09. The molecule has 1 fully saturated rings. The molecule has 1 aromatic carbocycles. The molecule has 3 nitrogen and oxygen atoms in total. The maximum Gasteiger partial charge on any atom is 0.446 e. The molecule has 0 atom stereocenters. The van der Waals surface area contributed by atoms with E-state index in [1.165, 1.54) is 18.2 Å². The van der Waals surface area contributed by atoms with Crippen LogP contribution in [0.5, 0.6) is 0 Å². The third kappa shape index (κ3) is 3.87. The van der Waals surface area contributed by atoms with Gasteiger partial charge >= 0.3 is 5.51 Å². The number of nitrogens with zero attached hydrogens (tertiary/aromatic N) is 1. The fraction of sp³-hybridized carbons (Fsp3) is 0.417. The minimum absolute atomic E-state index is 0.0430. The lowest BCUT2D eigenvalue weighted by atomic mass is 10.2. The molecule has 1 N–H and O–H groups in total. The first-order valence-electron chi connectivity index (χ1n) is 5.82. The van der Waals surface area contributed by atoms with Gasteiger partial charge in [-0.25, -0.2) is 0 Å². The highest BCUT2D eigenvalue weighted by atomic mass is 32.2. The maximum absolute atomic E-state index is 12.5. The van der Waals surface area contributed by atoms with Gasteiger partial charge in [0, 0.05) is 31.1 Å². The lowest BCUT2D eigenvalue weighted by Gasteiger charge is -2.28. The Morgan fingerprint density at radius 1 is 1.21 bits per heavy atom. The Morgan fingerprint density at radius 2 is 1.84 bits per heavy atom. The highest BCUT2D eigenvalue weighted by molar-refractivity contribution is 8.00. The quantitative estimate of drug-likeness (QED) is 0.849. The van der Waals surface area contributed by atoms with E-state index in [1.807, 2.05) is 0 Å². The highest BCUT2D eigenvalue weighted by Gasteiger charge is 2.32. The second-order valence-corrected chi connectivity index (χ2v) is 5.19. The number of nitrogens with one attached hydrogen (secondary N) is 1. The first-order valence-corrected chi connectivity index (χ1v) is 6.64. The van der Waals surface area contributed by atoms with Crippen molar-refractivity contribution in [3.8, 4) is 0 Å². The Labute approximate surface area is 113 Å². The Morgan fingerprint density at radius 3 is 2.47 bits per heavy atom. The lowest BCUT2D eigenvalue weighted by Crippen LogP contribution is -2.46. The minimum Gasteiger partial charge on any atom is -0.336 e. The van der Waals surface area contributed by atoms with Crippen molar-refractivity contribution in [2.45, 2.75) is 10.4 Å². The van der Waals surface area contributed by atoms with Gasteiger partial charge in [0.15, 0.2) is 0 Å². The molecule has 19 heavy (non-hydrogen) atoms. The minimum atomic E-state index is -4.39. The molecule has 0 aliphatic carbocycles. The van der Waals surface area contributed by atoms with Crippen LogP contribution >= 0.6 is 11.8 Å². The second kappa shape index (κ2) is 5.83. The van der Waals surface area contributed by atoms with Crippen LogP contribution in [-0.4, -0.2) is 42.5 Å². The first kappa shape index (κ1) is 14.2. The van der Waals surface area contributed by atoms with Crippen molar-refractivity contribution in [2.24, 2.45) is 0 Å². The standard InChI is InChI=1S/C12H13F3N2OS/c13-12(14,15)19-10-4-2-1-3-9(10)11(18)17-7-5-16-6-8-17/h1-4,16H,5-8H2. The van der Waals surface area contributed by atoms with E-state index in [9.17, 15) is 18.0 Å². The van der Waals surface area contributed by atoms with Gasteiger partial charge in [-0.1, -0.05) is 12.1 Å². The van der Waals surface area contributed by atoms with E-state index in [4.69, 9.17) is 0 Å². The lowest BCUT2D eigenvalue weighted by molar-refractivity contribution is -0.0328. The predicted molar refractivity (Wildman–Crippen MR) is 67.1 cm³/mol. The molecule has 1 amide bonds. The fourth-order valence-electron chi connectivity index (χ4n) is 1.90. The largest absolute Gasteiger partial charge is 0.446 e. The van der Waals surface area contributed by atoms with Gasteiger partial charge in [-0.2, -0.15) is 13.2 Å². The first-order chi connectivity index (χ1) is 8.97. The number of amides is 1. The molecule has 0 unspecified atom stereocenters. The van der Waals surface area contributed by atoms with E-state index in [0.717, 1.165) is 0 Å². The number of carbonyl (C=O) groups is 1. The number of piperazine rings is 1. The third-order valence-corrected chi connectivity index (χ3v) is 3.55. The van der Waals surface area contributed by atoms with Crippen LogP contribution in [0.2, 0.25) is 0 Å². The third-order valence-electron chi connectivity index (χ3n) is 2.75. The normalized spacial score (nSPS) is 16.5. The molecule has 0 bridgehead atoms. The Balaban J connectivity index is 2.21. The number of hydrogen-bond acceptors (Lipinski definition) is 3. The summed E-state index contributed by atoms with van der Waals surface area (Å²) < 4.78 is 37.4. The topological polar surface area (TPSA) is 32.3 Å². The Kier molecular flexibility index (Phi) is 4.36. The summed E-state index contributed by atoms with van der Waals surface area (Å²) >= 11 is -0.243. The fourth-order valence-corrected chi connectivity index (χ4v) is 2.56. The molecule has 1 aliphatic heterocycles. The number of alkyl halides is 3. The van der Waals surface area contributed by atoms with Crippen LogP contribution in [0.15, 0.2) is 29.2 Å². The molecule has 1 heterocycles. The summed E-state index contributed by atoms with van der Waals surface area (Å²) in [6, 6.07) is 5.85. The Bertz CT molecular complexity index is 459. The van der Waals surface area contributed by atoms with Gasteiger partial charge in [0.25, 0.3) is 5.91 Å². The van der Waals surface area contributed by atoms with E-state index >= 15 is 0 Å². The van der Waals surface area contributed by atoms with Crippen molar-refractivity contribution in [3.63, 3.8) is 0 Å². The molecule has 1 aromatic rings. The average molecular weight is 290 g/mol. The van der Waals surface area contributed by atoms with Crippen LogP contribution in [0.3, 0.4) is 0 Å². The second-order valence-electron chi connectivity index (χ2n) is 4.09. The smallest absolute Gasteiger partial charge is 0.336 e. The number of benzene rings is 1. The van der Waals surface area contributed by atoms with Crippen LogP contribution in [-0.2, 0) is 0 Å². The van der Waals surface area contributed by atoms with Crippen molar-refractivity contribution in [1.82, 2.24) is 10.2 Å². The number of carbonyl (C=O) groups excluding carboxylic acids is 1. The monoisotopic (exact) mass is 290 g/mol. The van der Waals surface area contributed by atoms with Gasteiger partial charge in [0.2, 0.25) is 0 Å². The van der Waals surface area contributed by atoms with E-state index < -0.39 is 5.51 Å². The molecule has 0 radical (unpaired) electrons. The molecule has 2 rings (SSSR count). The predicted octanol–water partition coefficient (Wildman–Crippen LogP) is 2.34. The molecule has 0 aromatic heterocycles. The summed E-state index contributed by atoms with van der Waals surface area (Å²) in [5.74, 6) is -0.339. The van der Waals surface area contributed by atoms with Crippen LogP contribution in [0.4, 0.5) is 13.2 Å². The molecular formula is C12H13F3N2OS. The molecule has 1 saturated heterocycles. The molecule has 104 valence electrons. The van der Waals surface area contributed by atoms with Crippen molar-refractivity contribution in [2.75, 3.05) is 26.2 Å². The molecular weight excluding hydrogens is 277 g/mol. The van der Waals surface area contributed by atoms with Crippen molar-refractivity contribution >= 4 is 17.7 Å². The number of hydrogen-bond donors (Lipinski definition) is 1. The van der Waals surface area contributed by atoms with Crippen molar-refractivity contribution in [1.29, 1.82) is 0 Å². The van der Waals surface area contributed by atoms with Gasteiger partial charge in [-0.05, 0) is 23.9 Å². The van der Waals surface area contributed by atoms with Gasteiger partial charge in [-0.15, -0.1) is 0 Å². The van der Waals surface area contributed by atoms with E-state index in [2.05, 4.69) is 5.32 Å². The average Bonchev–Trinajstić information content (AvgIpc) is 2.38. The summed E-state index contributed by atoms with van der Waals surface area (Å²) in [6.45, 7) is 2.37. The summed E-state index contributed by atoms with van der Waals surface area (Å²) in [5.41, 5.74) is -4.27. The van der Waals surface area contributed by atoms with Crippen molar-refractivity contribution < 1.29 is 18.0 Å². The van der Waals surface area contributed by atoms with E-state index in [-0.39, 0.29) is 28.1 Å². The van der Waals surface area contributed by atoms with Crippen LogP contribution in [0.25, 0.3) is 0 Å². The van der Waals surface area contributed by atoms with Crippen molar-refractivity contribution in [3.05, 3.63) is 29.8 Å². The van der Waals surface area contributed by atoms with Gasteiger partial charge in [-0.3, -0.25) is 4.79 Å². The number of rotatable bonds is 2. The van der Waals surface area contributed by atoms with Gasteiger partial charge in [0.05, 0.1) is 5.56 Å². The molecule has 0 saturated carbocycles. The van der Waals surface area contributed by atoms with Crippen LogP contribution in [0, 0.1) is 0 Å². The number of thioether (sulfide) groups is 1. The van der Waals surface area contributed by atoms with E-state index in [0.29, 0.717) is 26.2 Å². The summed E-state index contributed by atoms with van der Waals surface area (Å²) in [4.78, 5) is 13.8. The van der Waals surface area contributed by atoms with Crippen LogP contribution < -0.4 is 5.32 Å². The highest BCUT2D eigenvalue weighted by Crippen LogP contribution is 2.38. The summed E-state index contributed by atoms with van der Waals surface area (Å²) in [6.07, 6.45) is 0. The van der Waals surface area contributed by atoms with Crippen LogP contribution in [0.1, 0.15) is 10.4 Å². The summed E-state index contributed by atoms with van der Waals surface area (Å²) in [7, 11) is 0. The molecule has 1 aliphatic rings. The Hall–Kier alpha value is -1.21. The molecule has 7 heteroatoms. The zero-order valence-corrected chi connectivity index (χ0v) is 10.9. The maximum atomic E-state index is 12.5. The van der Waals surface area contributed by atoms with Gasteiger partial charge < -0.3 is 10.2 Å². The van der Waals surface area contributed by atoms with Gasteiger partial charge in [0.1, 0.15) is 0 Å².